The van der Waals surface area contributed by atoms with E-state index in [4.69, 9.17) is 4.74 Å². The lowest BCUT2D eigenvalue weighted by Gasteiger charge is -2.63. The van der Waals surface area contributed by atoms with E-state index in [0.29, 0.717) is 29.4 Å². The van der Waals surface area contributed by atoms with E-state index in [-0.39, 0.29) is 22.2 Å². The molecule has 0 heterocycles. The van der Waals surface area contributed by atoms with Crippen LogP contribution in [-0.4, -0.2) is 29.0 Å². The van der Waals surface area contributed by atoms with Gasteiger partial charge in [0.15, 0.2) is 0 Å². The normalized spacial score (nSPS) is 54.3. The molecule has 0 aromatic heterocycles. The molecule has 4 fully saturated rings. The van der Waals surface area contributed by atoms with Crippen molar-refractivity contribution in [2.24, 2.45) is 45.8 Å². The third-order valence-electron chi connectivity index (χ3n) is 12.0. The summed E-state index contributed by atoms with van der Waals surface area (Å²) in [6, 6.07) is 11.0. The highest BCUT2D eigenvalue weighted by atomic mass is 16.5. The lowest BCUT2D eigenvalue weighted by Crippen LogP contribution is -2.65. The Morgan fingerprint density at radius 2 is 1.91 bits per heavy atom. The smallest absolute Gasteiger partial charge is 0.111 e. The summed E-state index contributed by atoms with van der Waals surface area (Å²) in [5, 5.41) is 23.7. The van der Waals surface area contributed by atoms with Crippen LogP contribution in [0.2, 0.25) is 0 Å². The molecule has 1 aromatic rings. The Kier molecular flexibility index (Phi) is 3.78. The summed E-state index contributed by atoms with van der Waals surface area (Å²) in [5.41, 5.74) is 0.502. The minimum absolute atomic E-state index is 0.0287. The van der Waals surface area contributed by atoms with Crippen LogP contribution in [0.4, 0.5) is 0 Å². The summed E-state index contributed by atoms with van der Waals surface area (Å²) >= 11 is 0. The number of rotatable bonds is 3. The maximum Gasteiger partial charge on any atom is 0.111 e. The number of fused-ring (bicyclic) bond motifs is 2. The summed E-state index contributed by atoms with van der Waals surface area (Å²) in [5.74, 6) is 2.32. The molecule has 7 rings (SSSR count). The van der Waals surface area contributed by atoms with Crippen LogP contribution in [0, 0.1) is 45.8 Å². The number of ether oxygens (including phenoxy) is 1. The van der Waals surface area contributed by atoms with Gasteiger partial charge in [0.2, 0.25) is 0 Å². The average molecular weight is 433 g/mol. The molecule has 0 saturated heterocycles. The first-order chi connectivity index (χ1) is 15.4. The summed E-state index contributed by atoms with van der Waals surface area (Å²) < 4.78 is 5.89. The molecular weight excluding hydrogens is 396 g/mol. The number of aliphatic hydroxyl groups excluding tert-OH is 1. The zero-order valence-corrected chi connectivity index (χ0v) is 19.3. The Morgan fingerprint density at radius 3 is 2.69 bits per heavy atom. The van der Waals surface area contributed by atoms with Gasteiger partial charge in [-0.25, -0.2) is 0 Å². The van der Waals surface area contributed by atoms with Crippen molar-refractivity contribution in [3.8, 4) is 0 Å². The second-order valence-corrected chi connectivity index (χ2v) is 12.1. The second-order valence-electron chi connectivity index (χ2n) is 12.1. The van der Waals surface area contributed by atoms with Crippen molar-refractivity contribution in [2.45, 2.75) is 63.6 Å². The number of allylic oxidation sites excluding steroid dienone is 2. The van der Waals surface area contributed by atoms with E-state index in [9.17, 15) is 10.2 Å². The summed E-state index contributed by atoms with van der Waals surface area (Å²) in [7, 11) is 1.70. The molecule has 0 aliphatic heterocycles. The van der Waals surface area contributed by atoms with Crippen LogP contribution in [0.3, 0.4) is 0 Å². The molecule has 5 bridgehead atoms. The summed E-state index contributed by atoms with van der Waals surface area (Å²) in [4.78, 5) is 0. The number of aliphatic hydroxyl groups is 2. The number of hydrogen-bond donors (Lipinski definition) is 2. The highest BCUT2D eigenvalue weighted by Crippen LogP contribution is 2.88. The van der Waals surface area contributed by atoms with Gasteiger partial charge in [-0.1, -0.05) is 49.4 Å². The Labute approximate surface area is 191 Å². The van der Waals surface area contributed by atoms with E-state index >= 15 is 0 Å². The SMILES string of the molecule is CO[C@@H]1C=C(O)[C@H]2[C@@H]3C[C@H]4CC[C@]56CC[C@@H](Cc7ccccc7)[C@@H]5C=CC[C@@]4([C@@]12O)[C@]36C. The van der Waals surface area contributed by atoms with Crippen LogP contribution in [0.15, 0.2) is 54.3 Å². The number of hydrogen-bond acceptors (Lipinski definition) is 3. The fraction of sp³-hybridized carbons (Fsp3) is 0.655. The third-order valence-corrected chi connectivity index (χ3v) is 12.0. The van der Waals surface area contributed by atoms with Crippen molar-refractivity contribution in [3.63, 3.8) is 0 Å². The van der Waals surface area contributed by atoms with E-state index < -0.39 is 11.7 Å². The first-order valence-corrected chi connectivity index (χ1v) is 12.8. The van der Waals surface area contributed by atoms with E-state index in [2.05, 4.69) is 49.4 Å². The Morgan fingerprint density at radius 1 is 1.12 bits per heavy atom. The van der Waals surface area contributed by atoms with Gasteiger partial charge in [-0.05, 0) is 91.1 Å². The first kappa shape index (κ1) is 19.9. The van der Waals surface area contributed by atoms with Crippen molar-refractivity contribution in [1.82, 2.24) is 0 Å². The van der Waals surface area contributed by atoms with Crippen LogP contribution >= 0.6 is 0 Å². The molecule has 2 N–H and O–H groups in total. The van der Waals surface area contributed by atoms with Crippen LogP contribution in [-0.2, 0) is 11.2 Å². The monoisotopic (exact) mass is 432 g/mol. The largest absolute Gasteiger partial charge is 0.512 e. The van der Waals surface area contributed by atoms with E-state index in [1.807, 2.05) is 6.08 Å². The molecule has 3 nitrogen and oxygen atoms in total. The van der Waals surface area contributed by atoms with Crippen LogP contribution in [0.25, 0.3) is 0 Å². The van der Waals surface area contributed by atoms with Gasteiger partial charge in [-0.3, -0.25) is 0 Å². The maximum absolute atomic E-state index is 12.6. The average Bonchev–Trinajstić information content (AvgIpc) is 3.36. The van der Waals surface area contributed by atoms with Crippen molar-refractivity contribution >= 4 is 0 Å². The van der Waals surface area contributed by atoms with E-state index in [1.54, 1.807) is 7.11 Å². The van der Waals surface area contributed by atoms with Gasteiger partial charge in [-0.15, -0.1) is 0 Å². The zero-order valence-electron chi connectivity index (χ0n) is 19.3. The quantitative estimate of drug-likeness (QED) is 0.624. The zero-order chi connectivity index (χ0) is 21.9. The van der Waals surface area contributed by atoms with Gasteiger partial charge in [0, 0.05) is 12.5 Å². The molecule has 1 spiro atoms. The lowest BCUT2D eigenvalue weighted by atomic mass is 9.41. The fourth-order valence-corrected chi connectivity index (χ4v) is 11.2. The van der Waals surface area contributed by atoms with Crippen molar-refractivity contribution in [1.29, 1.82) is 0 Å². The number of benzene rings is 1. The van der Waals surface area contributed by atoms with Crippen molar-refractivity contribution in [3.05, 3.63) is 59.9 Å². The van der Waals surface area contributed by atoms with Gasteiger partial charge >= 0.3 is 0 Å². The van der Waals surface area contributed by atoms with Crippen LogP contribution in [0.1, 0.15) is 51.0 Å². The predicted octanol–water partition coefficient (Wildman–Crippen LogP) is 5.46. The number of methoxy groups -OCH3 is 1. The highest BCUT2D eigenvalue weighted by Gasteiger charge is 2.88. The minimum atomic E-state index is -0.988. The van der Waals surface area contributed by atoms with Gasteiger partial charge in [0.1, 0.15) is 11.7 Å². The Bertz CT molecular complexity index is 1010. The molecule has 0 radical (unpaired) electrons. The molecule has 170 valence electrons. The van der Waals surface area contributed by atoms with Crippen molar-refractivity contribution < 1.29 is 14.9 Å². The van der Waals surface area contributed by atoms with E-state index in [0.717, 1.165) is 19.3 Å². The highest BCUT2D eigenvalue weighted by molar-refractivity contribution is 5.44. The predicted molar refractivity (Wildman–Crippen MR) is 124 cm³/mol. The Balaban J connectivity index is 1.38. The molecular formula is C29H36O3. The van der Waals surface area contributed by atoms with Gasteiger partial charge in [0.25, 0.3) is 0 Å². The summed E-state index contributed by atoms with van der Waals surface area (Å²) in [6.45, 7) is 2.54. The molecule has 6 aliphatic carbocycles. The molecule has 6 aliphatic rings. The second kappa shape index (κ2) is 6.10. The molecule has 1 aromatic carbocycles. The van der Waals surface area contributed by atoms with Gasteiger partial charge in [0.05, 0.1) is 11.7 Å². The Hall–Kier alpha value is -1.58. The first-order valence-electron chi connectivity index (χ1n) is 12.8. The van der Waals surface area contributed by atoms with Crippen LogP contribution in [0.5, 0.6) is 0 Å². The summed E-state index contributed by atoms with van der Waals surface area (Å²) in [6.07, 6.45) is 14.7. The van der Waals surface area contributed by atoms with E-state index in [1.165, 1.54) is 31.2 Å². The maximum atomic E-state index is 12.6. The topological polar surface area (TPSA) is 49.7 Å². The van der Waals surface area contributed by atoms with Crippen LogP contribution < -0.4 is 0 Å². The molecule has 4 saturated carbocycles. The standard InChI is InChI=1S/C29H36O3/c1-26-22-16-20-11-14-27(26)13-10-19(15-18-7-4-3-5-8-18)21(27)9-6-12-28(20,26)29(31)24(32-2)17-23(30)25(22)29/h3-9,17,19-22,24-25,30-31H,10-16H2,1-2H3/t19-,20+,21-,22-,24+,25+,26+,27+,28-,29+/m0/s1. The fourth-order valence-electron chi connectivity index (χ4n) is 11.2. The van der Waals surface area contributed by atoms with Crippen molar-refractivity contribution in [2.75, 3.05) is 7.11 Å². The third kappa shape index (κ3) is 1.82. The van der Waals surface area contributed by atoms with Gasteiger partial charge in [-0.2, -0.15) is 0 Å². The molecule has 0 unspecified atom stereocenters. The van der Waals surface area contributed by atoms with Gasteiger partial charge < -0.3 is 14.9 Å². The molecule has 0 amide bonds. The molecule has 10 atom stereocenters. The molecule has 3 heteroatoms. The minimum Gasteiger partial charge on any atom is -0.512 e. The lowest BCUT2D eigenvalue weighted by molar-refractivity contribution is -0.227. The molecule has 32 heavy (non-hydrogen) atoms.